The maximum Gasteiger partial charge on any atom is 0.306 e. The van der Waals surface area contributed by atoms with Crippen LogP contribution in [0.5, 0.6) is 5.75 Å². The number of nitrogens with one attached hydrogen (secondary N) is 1. The molecule has 0 radical (unpaired) electrons. The van der Waals surface area contributed by atoms with Crippen molar-refractivity contribution in [2.75, 3.05) is 6.54 Å². The van der Waals surface area contributed by atoms with Crippen LogP contribution in [0, 0.1) is 5.92 Å². The molecule has 4 rings (SSSR count). The number of carbonyl (C=O) groups excluding carboxylic acids is 2. The number of carboxylic acid groups (broad SMARTS) is 1. The van der Waals surface area contributed by atoms with Gasteiger partial charge in [0.05, 0.1) is 12.0 Å². The Balaban J connectivity index is 1.19. The molecule has 1 aliphatic rings. The van der Waals surface area contributed by atoms with Gasteiger partial charge in [0.15, 0.2) is 5.78 Å². The summed E-state index contributed by atoms with van der Waals surface area (Å²) in [5.41, 5.74) is 1.22. The van der Waals surface area contributed by atoms with Crippen molar-refractivity contribution in [3.63, 3.8) is 0 Å². The second kappa shape index (κ2) is 11.0. The van der Waals surface area contributed by atoms with E-state index >= 15 is 0 Å². The summed E-state index contributed by atoms with van der Waals surface area (Å²) in [7, 11) is 0. The molecule has 1 aliphatic carbocycles. The van der Waals surface area contributed by atoms with Crippen LogP contribution in [0.2, 0.25) is 0 Å². The Morgan fingerprint density at radius 3 is 2.24 bits per heavy atom. The van der Waals surface area contributed by atoms with E-state index in [-0.39, 0.29) is 23.7 Å². The molecular formula is C28H29NO5. The van der Waals surface area contributed by atoms with Gasteiger partial charge in [0.2, 0.25) is 0 Å². The van der Waals surface area contributed by atoms with E-state index in [9.17, 15) is 14.4 Å². The standard InChI is InChI=1S/C28H29NO5/c30-26(6-3-17-29-27(31)23-8-7-19-4-1-2-5-22(19)18-23)20-9-13-24(14-10-20)34-25-15-11-21(12-16-25)28(32)33/h1-2,4-5,7-10,13-14,18,21,25H,3,6,11-12,15-17H2,(H,29,31)(H,32,33). The Kier molecular flexibility index (Phi) is 7.58. The van der Waals surface area contributed by atoms with Crippen LogP contribution in [0.3, 0.4) is 0 Å². The molecule has 0 aliphatic heterocycles. The minimum atomic E-state index is -0.727. The van der Waals surface area contributed by atoms with Gasteiger partial charge in [0, 0.05) is 24.1 Å². The average molecular weight is 460 g/mol. The Hall–Kier alpha value is -3.67. The predicted molar refractivity (Wildman–Crippen MR) is 130 cm³/mol. The molecule has 6 nitrogen and oxygen atoms in total. The van der Waals surface area contributed by atoms with Crippen molar-refractivity contribution < 1.29 is 24.2 Å². The molecule has 0 heterocycles. The third-order valence-electron chi connectivity index (χ3n) is 6.38. The van der Waals surface area contributed by atoms with Crippen LogP contribution >= 0.6 is 0 Å². The first-order chi connectivity index (χ1) is 16.5. The van der Waals surface area contributed by atoms with Crippen molar-refractivity contribution in [1.82, 2.24) is 5.32 Å². The van der Waals surface area contributed by atoms with Gasteiger partial charge in [0.1, 0.15) is 5.75 Å². The zero-order chi connectivity index (χ0) is 23.9. The minimum absolute atomic E-state index is 0.0170. The number of carbonyl (C=O) groups is 3. The van der Waals surface area contributed by atoms with Crippen molar-refractivity contribution in [3.8, 4) is 5.75 Å². The Bertz CT molecular complexity index is 1160. The second-order valence-electron chi connectivity index (χ2n) is 8.80. The molecule has 176 valence electrons. The lowest BCUT2D eigenvalue weighted by molar-refractivity contribution is -0.143. The number of carboxylic acids is 1. The summed E-state index contributed by atoms with van der Waals surface area (Å²) in [6, 6.07) is 20.6. The molecule has 0 saturated heterocycles. The average Bonchev–Trinajstić information content (AvgIpc) is 2.87. The van der Waals surface area contributed by atoms with Gasteiger partial charge < -0.3 is 15.2 Å². The highest BCUT2D eigenvalue weighted by molar-refractivity contribution is 5.99. The van der Waals surface area contributed by atoms with Gasteiger partial charge in [-0.1, -0.05) is 30.3 Å². The van der Waals surface area contributed by atoms with Crippen molar-refractivity contribution in [2.24, 2.45) is 5.92 Å². The molecule has 0 spiro atoms. The number of amides is 1. The summed E-state index contributed by atoms with van der Waals surface area (Å²) in [5, 5.41) is 14.1. The van der Waals surface area contributed by atoms with Gasteiger partial charge in [-0.3, -0.25) is 14.4 Å². The number of rotatable bonds is 9. The van der Waals surface area contributed by atoms with Crippen molar-refractivity contribution in [1.29, 1.82) is 0 Å². The highest BCUT2D eigenvalue weighted by atomic mass is 16.5. The first-order valence-corrected chi connectivity index (χ1v) is 11.8. The van der Waals surface area contributed by atoms with E-state index < -0.39 is 5.97 Å². The largest absolute Gasteiger partial charge is 0.490 e. The molecule has 2 N–H and O–H groups in total. The van der Waals surface area contributed by atoms with Gasteiger partial charge in [-0.2, -0.15) is 0 Å². The molecule has 1 saturated carbocycles. The monoisotopic (exact) mass is 459 g/mol. The minimum Gasteiger partial charge on any atom is -0.490 e. The number of fused-ring (bicyclic) bond motifs is 1. The topological polar surface area (TPSA) is 92.7 Å². The van der Waals surface area contributed by atoms with E-state index in [2.05, 4.69) is 5.32 Å². The quantitative estimate of drug-likeness (QED) is 0.337. The van der Waals surface area contributed by atoms with Crippen LogP contribution in [0.4, 0.5) is 0 Å². The fourth-order valence-electron chi connectivity index (χ4n) is 4.37. The molecule has 0 bridgehead atoms. The van der Waals surface area contributed by atoms with E-state index in [0.717, 1.165) is 23.6 Å². The third-order valence-corrected chi connectivity index (χ3v) is 6.38. The molecular weight excluding hydrogens is 430 g/mol. The second-order valence-corrected chi connectivity index (χ2v) is 8.80. The lowest BCUT2D eigenvalue weighted by Gasteiger charge is -2.26. The molecule has 6 heteroatoms. The fourth-order valence-corrected chi connectivity index (χ4v) is 4.37. The van der Waals surface area contributed by atoms with Crippen molar-refractivity contribution in [3.05, 3.63) is 77.9 Å². The molecule has 3 aromatic rings. The first-order valence-electron chi connectivity index (χ1n) is 11.8. The Labute approximate surface area is 198 Å². The first kappa shape index (κ1) is 23.5. The Morgan fingerprint density at radius 2 is 1.53 bits per heavy atom. The number of ether oxygens (including phenoxy) is 1. The fraction of sp³-hybridized carbons (Fsp3) is 0.321. The summed E-state index contributed by atoms with van der Waals surface area (Å²) in [5.74, 6) is -0.421. The number of aliphatic carboxylic acids is 1. The summed E-state index contributed by atoms with van der Waals surface area (Å²) in [6.45, 7) is 0.428. The number of hydrogen-bond donors (Lipinski definition) is 2. The molecule has 0 aromatic heterocycles. The van der Waals surface area contributed by atoms with Gasteiger partial charge in [-0.15, -0.1) is 0 Å². The van der Waals surface area contributed by atoms with E-state index in [1.807, 2.05) is 42.5 Å². The van der Waals surface area contributed by atoms with Gasteiger partial charge in [0.25, 0.3) is 5.91 Å². The highest BCUT2D eigenvalue weighted by Crippen LogP contribution is 2.28. The third kappa shape index (κ3) is 6.01. The summed E-state index contributed by atoms with van der Waals surface area (Å²) in [6.07, 6.45) is 3.64. The predicted octanol–water partition coefficient (Wildman–Crippen LogP) is 5.25. The molecule has 34 heavy (non-hydrogen) atoms. The Morgan fingerprint density at radius 1 is 0.853 bits per heavy atom. The van der Waals surface area contributed by atoms with E-state index in [4.69, 9.17) is 9.84 Å². The van der Waals surface area contributed by atoms with Gasteiger partial charge in [-0.25, -0.2) is 0 Å². The van der Waals surface area contributed by atoms with Crippen LogP contribution in [-0.2, 0) is 4.79 Å². The summed E-state index contributed by atoms with van der Waals surface area (Å²) < 4.78 is 5.96. The number of Topliss-reactive ketones (excluding diaryl/α,β-unsaturated/α-hetero) is 1. The van der Waals surface area contributed by atoms with Crippen LogP contribution in [0.15, 0.2) is 66.7 Å². The van der Waals surface area contributed by atoms with E-state index in [1.54, 1.807) is 24.3 Å². The lowest BCUT2D eigenvalue weighted by Crippen LogP contribution is -2.27. The maximum absolute atomic E-state index is 12.5. The number of hydrogen-bond acceptors (Lipinski definition) is 4. The zero-order valence-electron chi connectivity index (χ0n) is 19.0. The number of ketones is 1. The lowest BCUT2D eigenvalue weighted by atomic mass is 9.87. The smallest absolute Gasteiger partial charge is 0.306 e. The van der Waals surface area contributed by atoms with Crippen LogP contribution in [0.25, 0.3) is 10.8 Å². The van der Waals surface area contributed by atoms with Gasteiger partial charge in [-0.05, 0) is 79.3 Å². The molecule has 1 amide bonds. The highest BCUT2D eigenvalue weighted by Gasteiger charge is 2.26. The molecule has 0 atom stereocenters. The van der Waals surface area contributed by atoms with Crippen LogP contribution < -0.4 is 10.1 Å². The van der Waals surface area contributed by atoms with Crippen LogP contribution in [-0.4, -0.2) is 35.4 Å². The van der Waals surface area contributed by atoms with E-state index in [1.165, 1.54) is 0 Å². The summed E-state index contributed by atoms with van der Waals surface area (Å²) >= 11 is 0. The van der Waals surface area contributed by atoms with Crippen molar-refractivity contribution >= 4 is 28.4 Å². The summed E-state index contributed by atoms with van der Waals surface area (Å²) in [4.78, 5) is 36.0. The van der Waals surface area contributed by atoms with Crippen molar-refractivity contribution in [2.45, 2.75) is 44.6 Å². The molecule has 3 aromatic carbocycles. The maximum atomic E-state index is 12.5. The van der Waals surface area contributed by atoms with Gasteiger partial charge >= 0.3 is 5.97 Å². The van der Waals surface area contributed by atoms with E-state index in [0.29, 0.717) is 49.1 Å². The molecule has 0 unspecified atom stereocenters. The SMILES string of the molecule is O=C(CCCNC(=O)c1ccc2ccccc2c1)c1ccc(OC2CCC(C(=O)O)CC2)cc1. The normalized spacial score (nSPS) is 17.8. The van der Waals surface area contributed by atoms with Crippen LogP contribution in [0.1, 0.15) is 59.2 Å². The molecule has 1 fully saturated rings. The number of benzene rings is 3. The zero-order valence-corrected chi connectivity index (χ0v) is 19.0.